The summed E-state index contributed by atoms with van der Waals surface area (Å²) in [5.74, 6) is 0. The third-order valence-electron chi connectivity index (χ3n) is 4.69. The molecule has 0 N–H and O–H groups in total. The molecule has 1 saturated heterocycles. The van der Waals surface area contributed by atoms with E-state index in [4.69, 9.17) is 0 Å². The molecule has 0 unspecified atom stereocenters. The van der Waals surface area contributed by atoms with Gasteiger partial charge < -0.3 is 37.2 Å². The fourth-order valence-corrected chi connectivity index (χ4v) is 8.85. The van der Waals surface area contributed by atoms with E-state index in [1.54, 1.807) is 15.9 Å². The molecular formula is C18H23Cl3SiTi. The average Bonchev–Trinajstić information content (AvgIpc) is 3.09. The molecule has 0 spiro atoms. The van der Waals surface area contributed by atoms with Gasteiger partial charge in [-0.25, -0.2) is 6.07 Å². The van der Waals surface area contributed by atoms with E-state index in [0.717, 1.165) is 0 Å². The van der Waals surface area contributed by atoms with Crippen LogP contribution in [0.3, 0.4) is 0 Å². The number of rotatable bonds is 4. The molecule has 5 heteroatoms. The van der Waals surface area contributed by atoms with Gasteiger partial charge in [-0.15, -0.1) is 0 Å². The first-order chi connectivity index (χ1) is 9.35. The van der Waals surface area contributed by atoms with Gasteiger partial charge in [0.25, 0.3) is 0 Å². The monoisotopic (exact) mass is 420 g/mol. The Labute approximate surface area is 175 Å². The van der Waals surface area contributed by atoms with E-state index in [-0.39, 0.29) is 58.9 Å². The van der Waals surface area contributed by atoms with Crippen LogP contribution >= 0.6 is 0 Å². The summed E-state index contributed by atoms with van der Waals surface area (Å²) in [6.45, 7) is 2.27. The van der Waals surface area contributed by atoms with Crippen molar-refractivity contribution in [3.05, 3.63) is 54.1 Å². The summed E-state index contributed by atoms with van der Waals surface area (Å²) in [6, 6.07) is 21.6. The summed E-state index contributed by atoms with van der Waals surface area (Å²) in [7, 11) is -1.39. The fraction of sp³-hybridized carbons (Fsp3) is 0.389. The van der Waals surface area contributed by atoms with Crippen molar-refractivity contribution in [1.29, 1.82) is 0 Å². The van der Waals surface area contributed by atoms with E-state index in [0.29, 0.717) is 0 Å². The first-order valence-corrected chi connectivity index (χ1v) is 10.1. The van der Waals surface area contributed by atoms with Gasteiger partial charge in [0.1, 0.15) is 0 Å². The Bertz CT molecular complexity index is 536. The molecular weight excluding hydrogens is 399 g/mol. The summed E-state index contributed by atoms with van der Waals surface area (Å²) in [4.78, 5) is 0. The zero-order valence-electron chi connectivity index (χ0n) is 13.5. The minimum absolute atomic E-state index is 0. The normalized spacial score (nSPS) is 14.7. The van der Waals surface area contributed by atoms with Crippen molar-refractivity contribution in [2.45, 2.75) is 44.7 Å². The van der Waals surface area contributed by atoms with Crippen LogP contribution in [0, 0.1) is 0 Å². The van der Waals surface area contributed by atoms with E-state index in [1.807, 2.05) is 0 Å². The fourth-order valence-electron chi connectivity index (χ4n) is 3.71. The first kappa shape index (κ1) is 25.6. The predicted molar refractivity (Wildman–Crippen MR) is 86.3 cm³/mol. The van der Waals surface area contributed by atoms with Crippen molar-refractivity contribution in [3.8, 4) is 0 Å². The van der Waals surface area contributed by atoms with Crippen LogP contribution in [-0.4, -0.2) is 8.07 Å². The first-order valence-electron chi connectivity index (χ1n) is 7.67. The largest absolute Gasteiger partial charge is 4.00 e. The molecule has 124 valence electrons. The number of aryl methyl sites for hydroxylation is 1. The van der Waals surface area contributed by atoms with Crippen molar-refractivity contribution in [2.24, 2.45) is 0 Å². The van der Waals surface area contributed by atoms with Gasteiger partial charge in [0.2, 0.25) is 0 Å². The Morgan fingerprint density at radius 3 is 2.13 bits per heavy atom. The molecule has 0 radical (unpaired) electrons. The average molecular weight is 422 g/mol. The summed E-state index contributed by atoms with van der Waals surface area (Å²) in [5.41, 5.74) is 1.55. The number of benzene rings is 1. The SMILES string of the molecule is CCCc1cc[c-]([Si]2(c3ccccc3)CCCC2)c1.[Cl-].[Cl-].[Cl-].[Ti+4]. The minimum Gasteiger partial charge on any atom is -1.00 e. The van der Waals surface area contributed by atoms with Crippen molar-refractivity contribution in [3.63, 3.8) is 0 Å². The maximum Gasteiger partial charge on any atom is 4.00 e. The molecule has 23 heavy (non-hydrogen) atoms. The molecule has 1 aliphatic rings. The van der Waals surface area contributed by atoms with Crippen molar-refractivity contribution < 1.29 is 58.9 Å². The topological polar surface area (TPSA) is 0 Å². The van der Waals surface area contributed by atoms with Crippen molar-refractivity contribution in [2.75, 3.05) is 0 Å². The quantitative estimate of drug-likeness (QED) is 0.342. The minimum atomic E-state index is -1.39. The van der Waals surface area contributed by atoms with Gasteiger partial charge in [-0.2, -0.15) is 22.9 Å². The molecule has 0 atom stereocenters. The van der Waals surface area contributed by atoms with Crippen LogP contribution in [0.5, 0.6) is 0 Å². The molecule has 0 saturated carbocycles. The van der Waals surface area contributed by atoms with Crippen LogP contribution in [0.1, 0.15) is 31.7 Å². The molecule has 0 amide bonds. The molecule has 3 rings (SSSR count). The molecule has 0 nitrogen and oxygen atoms in total. The second-order valence-electron chi connectivity index (χ2n) is 5.91. The number of hydrogen-bond acceptors (Lipinski definition) is 0. The van der Waals surface area contributed by atoms with Gasteiger partial charge in [0.15, 0.2) is 0 Å². The molecule has 0 aliphatic carbocycles. The summed E-state index contributed by atoms with van der Waals surface area (Å²) >= 11 is 0. The standard InChI is InChI=1S/C18H23Si.3ClH.Ti/c1-2-8-16-11-12-18(15-16)19(13-6-7-14-19)17-9-4-3-5-10-17;;;;/h3-5,9-12,15H,2,6-8,13-14H2,1H3;3*1H;/q-1;;;;+4/p-3. The van der Waals surface area contributed by atoms with E-state index in [2.05, 4.69) is 55.5 Å². The van der Waals surface area contributed by atoms with Gasteiger partial charge >= 0.3 is 21.7 Å². The Morgan fingerprint density at radius 1 is 0.957 bits per heavy atom. The third-order valence-corrected chi connectivity index (χ3v) is 9.96. The zero-order valence-corrected chi connectivity index (χ0v) is 18.3. The number of hydrogen-bond donors (Lipinski definition) is 0. The zero-order chi connectivity index (χ0) is 13.1. The molecule has 2 aromatic rings. The second kappa shape index (κ2) is 11.8. The number of halogens is 3. The Kier molecular flexibility index (Phi) is 13.2. The van der Waals surface area contributed by atoms with E-state index in [1.165, 1.54) is 37.8 Å². The van der Waals surface area contributed by atoms with Crippen molar-refractivity contribution >= 4 is 18.4 Å². The molecule has 0 aromatic heterocycles. The Balaban J connectivity index is 0. The molecule has 0 bridgehead atoms. The smallest absolute Gasteiger partial charge is 1.00 e. The van der Waals surface area contributed by atoms with Crippen LogP contribution < -0.4 is 47.6 Å². The summed E-state index contributed by atoms with van der Waals surface area (Å²) in [6.07, 6.45) is 5.34. The Hall–Kier alpha value is 0.371. The molecule has 2 aromatic carbocycles. The Morgan fingerprint density at radius 2 is 1.57 bits per heavy atom. The van der Waals surface area contributed by atoms with Crippen LogP contribution in [0.25, 0.3) is 0 Å². The van der Waals surface area contributed by atoms with Gasteiger partial charge in [0, 0.05) is 0 Å². The van der Waals surface area contributed by atoms with E-state index in [9.17, 15) is 0 Å². The maximum atomic E-state index is 2.52. The second-order valence-corrected chi connectivity index (χ2v) is 10.2. The maximum absolute atomic E-state index is 2.52. The molecule has 1 aliphatic heterocycles. The van der Waals surface area contributed by atoms with Gasteiger partial charge in [-0.3, -0.25) is 0 Å². The van der Waals surface area contributed by atoms with E-state index < -0.39 is 8.07 Å². The van der Waals surface area contributed by atoms with Crippen LogP contribution in [-0.2, 0) is 28.1 Å². The summed E-state index contributed by atoms with van der Waals surface area (Å²) in [5, 5.41) is 3.35. The third kappa shape index (κ3) is 5.42. The van der Waals surface area contributed by atoms with Crippen molar-refractivity contribution in [1.82, 2.24) is 0 Å². The summed E-state index contributed by atoms with van der Waals surface area (Å²) < 4.78 is 0. The van der Waals surface area contributed by atoms with Crippen LogP contribution in [0.15, 0.2) is 48.5 Å². The van der Waals surface area contributed by atoms with Crippen LogP contribution in [0.4, 0.5) is 0 Å². The molecule has 1 fully saturated rings. The van der Waals surface area contributed by atoms with E-state index >= 15 is 0 Å². The van der Waals surface area contributed by atoms with Gasteiger partial charge in [-0.05, 0) is 0 Å². The molecule has 1 heterocycles. The van der Waals surface area contributed by atoms with Gasteiger partial charge in [0.05, 0.1) is 8.07 Å². The predicted octanol–water partition coefficient (Wildman–Crippen LogP) is -5.28. The van der Waals surface area contributed by atoms with Crippen LogP contribution in [0.2, 0.25) is 12.1 Å². The van der Waals surface area contributed by atoms with Gasteiger partial charge in [-0.1, -0.05) is 80.2 Å².